The molecule has 180 valence electrons. The number of morpholine rings is 1. The summed E-state index contributed by atoms with van der Waals surface area (Å²) in [6, 6.07) is 12.2. The molecule has 7 nitrogen and oxygen atoms in total. The van der Waals surface area contributed by atoms with E-state index in [1.807, 2.05) is 19.1 Å². The Bertz CT molecular complexity index is 1070. The van der Waals surface area contributed by atoms with Gasteiger partial charge in [-0.1, -0.05) is 48.9 Å². The van der Waals surface area contributed by atoms with Gasteiger partial charge in [0.15, 0.2) is 0 Å². The highest BCUT2D eigenvalue weighted by Crippen LogP contribution is 2.27. The lowest BCUT2D eigenvalue weighted by atomic mass is 10.1. The second kappa shape index (κ2) is 11.3. The van der Waals surface area contributed by atoms with Crippen molar-refractivity contribution in [1.29, 1.82) is 0 Å². The second-order valence-electron chi connectivity index (χ2n) is 8.34. The highest BCUT2D eigenvalue weighted by atomic mass is 35.5. The largest absolute Gasteiger partial charge is 0.379 e. The third-order valence-electron chi connectivity index (χ3n) is 5.71. The van der Waals surface area contributed by atoms with Crippen molar-refractivity contribution in [2.75, 3.05) is 36.9 Å². The van der Waals surface area contributed by atoms with Crippen molar-refractivity contribution in [1.82, 2.24) is 10.2 Å². The van der Waals surface area contributed by atoms with E-state index in [0.29, 0.717) is 23.7 Å². The molecule has 2 aromatic carbocycles. The molecule has 1 amide bonds. The molecule has 9 heteroatoms. The molecule has 2 aromatic rings. The molecule has 1 saturated heterocycles. The van der Waals surface area contributed by atoms with E-state index < -0.39 is 16.1 Å². The van der Waals surface area contributed by atoms with Crippen LogP contribution in [0.1, 0.15) is 30.0 Å². The molecule has 1 unspecified atom stereocenters. The Hall–Kier alpha value is -2.13. The Morgan fingerprint density at radius 1 is 1.18 bits per heavy atom. The SMILES string of the molecule is CCC(C(=O)NCc1cccc(CN2CCOCC2)c1)N(c1ccc(C)c(Cl)c1)S(C)(=O)=O. The monoisotopic (exact) mass is 493 g/mol. The number of rotatable bonds is 9. The quantitative estimate of drug-likeness (QED) is 0.579. The van der Waals surface area contributed by atoms with Crippen LogP contribution in [0.4, 0.5) is 5.69 Å². The zero-order valence-electron chi connectivity index (χ0n) is 19.4. The highest BCUT2D eigenvalue weighted by molar-refractivity contribution is 7.92. The average Bonchev–Trinajstić information content (AvgIpc) is 2.78. The summed E-state index contributed by atoms with van der Waals surface area (Å²) in [4.78, 5) is 15.4. The Labute approximate surface area is 201 Å². The van der Waals surface area contributed by atoms with Crippen LogP contribution in [0.5, 0.6) is 0 Å². The van der Waals surface area contributed by atoms with E-state index in [2.05, 4.69) is 22.3 Å². The maximum atomic E-state index is 13.1. The Kier molecular flexibility index (Phi) is 8.75. The zero-order chi connectivity index (χ0) is 24.0. The maximum Gasteiger partial charge on any atom is 0.244 e. The first-order valence-corrected chi connectivity index (χ1v) is 13.3. The van der Waals surface area contributed by atoms with E-state index in [4.69, 9.17) is 16.3 Å². The average molecular weight is 494 g/mol. The van der Waals surface area contributed by atoms with E-state index in [0.717, 1.165) is 54.5 Å². The molecule has 1 heterocycles. The molecule has 0 saturated carbocycles. The molecule has 1 fully saturated rings. The molecule has 1 N–H and O–H groups in total. The van der Waals surface area contributed by atoms with Crippen molar-refractivity contribution < 1.29 is 17.9 Å². The van der Waals surface area contributed by atoms with Crippen LogP contribution >= 0.6 is 11.6 Å². The topological polar surface area (TPSA) is 79.0 Å². The van der Waals surface area contributed by atoms with Gasteiger partial charge in [0.1, 0.15) is 6.04 Å². The summed E-state index contributed by atoms with van der Waals surface area (Å²) >= 11 is 6.23. The second-order valence-corrected chi connectivity index (χ2v) is 10.6. The summed E-state index contributed by atoms with van der Waals surface area (Å²) in [5, 5.41) is 3.37. The zero-order valence-corrected chi connectivity index (χ0v) is 21.0. The van der Waals surface area contributed by atoms with Crippen LogP contribution in [0.25, 0.3) is 0 Å². The number of anilines is 1. The molecule has 0 aromatic heterocycles. The Balaban J connectivity index is 1.71. The van der Waals surface area contributed by atoms with Crippen LogP contribution in [0.2, 0.25) is 5.02 Å². The molecular formula is C24H32ClN3O4S. The molecule has 33 heavy (non-hydrogen) atoms. The predicted octanol–water partition coefficient (Wildman–Crippen LogP) is 3.34. The first kappa shape index (κ1) is 25.5. The van der Waals surface area contributed by atoms with Crippen molar-refractivity contribution in [3.8, 4) is 0 Å². The molecule has 0 aliphatic carbocycles. The van der Waals surface area contributed by atoms with Gasteiger partial charge in [-0.25, -0.2) is 8.42 Å². The third kappa shape index (κ3) is 6.93. The van der Waals surface area contributed by atoms with Crippen molar-refractivity contribution in [2.45, 2.75) is 39.4 Å². The van der Waals surface area contributed by atoms with Crippen molar-refractivity contribution in [2.24, 2.45) is 0 Å². The fraction of sp³-hybridized carbons (Fsp3) is 0.458. The van der Waals surface area contributed by atoms with Gasteiger partial charge in [-0.15, -0.1) is 0 Å². The van der Waals surface area contributed by atoms with Gasteiger partial charge in [0.2, 0.25) is 15.9 Å². The number of aryl methyl sites for hydroxylation is 1. The number of sulfonamides is 1. The molecule has 1 aliphatic rings. The van der Waals surface area contributed by atoms with Crippen LogP contribution in [-0.4, -0.2) is 57.8 Å². The lowest BCUT2D eigenvalue weighted by Gasteiger charge is -2.30. The van der Waals surface area contributed by atoms with Crippen LogP contribution < -0.4 is 9.62 Å². The summed E-state index contributed by atoms with van der Waals surface area (Å²) in [5.41, 5.74) is 3.35. The summed E-state index contributed by atoms with van der Waals surface area (Å²) in [7, 11) is -3.71. The van der Waals surface area contributed by atoms with Gasteiger partial charge in [0.05, 0.1) is 25.2 Å². The third-order valence-corrected chi connectivity index (χ3v) is 7.29. The van der Waals surface area contributed by atoms with Crippen LogP contribution in [-0.2, 0) is 32.6 Å². The lowest BCUT2D eigenvalue weighted by Crippen LogP contribution is -2.49. The molecule has 0 bridgehead atoms. The van der Waals surface area contributed by atoms with Gasteiger partial charge in [0, 0.05) is 31.2 Å². The predicted molar refractivity (Wildman–Crippen MR) is 132 cm³/mol. The van der Waals surface area contributed by atoms with Gasteiger partial charge in [-0.05, 0) is 42.2 Å². The van der Waals surface area contributed by atoms with Crippen molar-refractivity contribution >= 4 is 33.2 Å². The number of halogens is 1. The normalized spacial score (nSPS) is 15.8. The Morgan fingerprint density at radius 3 is 2.52 bits per heavy atom. The number of ether oxygens (including phenoxy) is 1. The maximum absolute atomic E-state index is 13.1. The molecule has 1 atom stereocenters. The number of carbonyl (C=O) groups is 1. The fourth-order valence-electron chi connectivity index (χ4n) is 3.94. The van der Waals surface area contributed by atoms with Crippen molar-refractivity contribution in [3.63, 3.8) is 0 Å². The lowest BCUT2D eigenvalue weighted by molar-refractivity contribution is -0.122. The molecule has 0 spiro atoms. The minimum absolute atomic E-state index is 0.318. The molecule has 1 aliphatic heterocycles. The van der Waals surface area contributed by atoms with E-state index in [9.17, 15) is 13.2 Å². The number of nitrogens with one attached hydrogen (secondary N) is 1. The van der Waals surface area contributed by atoms with Crippen LogP contribution in [0.15, 0.2) is 42.5 Å². The van der Waals surface area contributed by atoms with Crippen LogP contribution in [0.3, 0.4) is 0 Å². The highest BCUT2D eigenvalue weighted by Gasteiger charge is 2.31. The standard InChI is InChI=1S/C24H32ClN3O4S/c1-4-23(28(33(3,30)31)21-9-8-18(2)22(25)15-21)24(29)26-16-19-6-5-7-20(14-19)17-27-10-12-32-13-11-27/h5-9,14-15,23H,4,10-13,16-17H2,1-3H3,(H,26,29). The van der Waals surface area contributed by atoms with Crippen LogP contribution in [0, 0.1) is 6.92 Å². The number of hydrogen-bond acceptors (Lipinski definition) is 5. The van der Waals surface area contributed by atoms with Gasteiger partial charge in [-0.2, -0.15) is 0 Å². The van der Waals surface area contributed by atoms with E-state index in [-0.39, 0.29) is 5.91 Å². The van der Waals surface area contributed by atoms with E-state index in [1.54, 1.807) is 25.1 Å². The minimum Gasteiger partial charge on any atom is -0.379 e. The number of hydrogen-bond donors (Lipinski definition) is 1. The number of nitrogens with zero attached hydrogens (tertiary/aromatic N) is 2. The smallest absolute Gasteiger partial charge is 0.244 e. The Morgan fingerprint density at radius 2 is 1.88 bits per heavy atom. The van der Waals surface area contributed by atoms with E-state index in [1.165, 1.54) is 5.56 Å². The summed E-state index contributed by atoms with van der Waals surface area (Å²) in [6.45, 7) is 8.09. The molecule has 0 radical (unpaired) electrons. The first-order valence-electron chi connectivity index (χ1n) is 11.1. The van der Waals surface area contributed by atoms with Gasteiger partial charge < -0.3 is 10.1 Å². The van der Waals surface area contributed by atoms with Gasteiger partial charge >= 0.3 is 0 Å². The van der Waals surface area contributed by atoms with E-state index >= 15 is 0 Å². The first-order chi connectivity index (χ1) is 15.7. The van der Waals surface area contributed by atoms with Gasteiger partial charge in [-0.3, -0.25) is 14.0 Å². The molecular weight excluding hydrogens is 462 g/mol. The number of carbonyl (C=O) groups excluding carboxylic acids is 1. The molecule has 3 rings (SSSR count). The van der Waals surface area contributed by atoms with Gasteiger partial charge in [0.25, 0.3) is 0 Å². The number of amides is 1. The number of benzene rings is 2. The summed E-state index contributed by atoms with van der Waals surface area (Å²) < 4.78 is 31.8. The summed E-state index contributed by atoms with van der Waals surface area (Å²) in [6.07, 6.45) is 1.42. The minimum atomic E-state index is -3.71. The van der Waals surface area contributed by atoms with Crippen molar-refractivity contribution in [3.05, 3.63) is 64.2 Å². The fourth-order valence-corrected chi connectivity index (χ4v) is 5.32. The summed E-state index contributed by atoms with van der Waals surface area (Å²) in [5.74, 6) is -0.349.